The second kappa shape index (κ2) is 9.36. The quantitative estimate of drug-likeness (QED) is 0.635. The first kappa shape index (κ1) is 20.7. The van der Waals surface area contributed by atoms with Crippen molar-refractivity contribution in [1.29, 1.82) is 0 Å². The van der Waals surface area contributed by atoms with Gasteiger partial charge in [-0.2, -0.15) is 0 Å². The molecule has 1 N–H and O–H groups in total. The van der Waals surface area contributed by atoms with Gasteiger partial charge in [0.15, 0.2) is 0 Å². The smallest absolute Gasteiger partial charge is 0.337 e. The molecule has 1 aromatic heterocycles. The van der Waals surface area contributed by atoms with Crippen LogP contribution in [0.4, 0.5) is 5.69 Å². The fraction of sp³-hybridized carbons (Fsp3) is 0.263. The monoisotopic (exact) mass is 386 g/mol. The van der Waals surface area contributed by atoms with E-state index in [1.165, 1.54) is 12.2 Å². The standard InChI is InChI=1S/C19H22N4O5/c1-4-11-21-17(25)22(12-5-2)19(27)23(18(21)26)13-16(24)20-14-9-7-8-10-15(14)28-6-3/h4-5,7-10H,1-2,6,11-13H2,3H3,(H,20,24). The molecule has 0 saturated carbocycles. The zero-order chi connectivity index (χ0) is 20.7. The first-order chi connectivity index (χ1) is 13.4. The molecule has 0 spiro atoms. The Morgan fingerprint density at radius 3 is 2.07 bits per heavy atom. The molecule has 2 aromatic rings. The van der Waals surface area contributed by atoms with Crippen LogP contribution in [-0.4, -0.2) is 26.2 Å². The minimum absolute atomic E-state index is 0.0934. The third kappa shape index (κ3) is 4.37. The Hall–Kier alpha value is -3.62. The molecular weight excluding hydrogens is 364 g/mol. The summed E-state index contributed by atoms with van der Waals surface area (Å²) in [6.07, 6.45) is 2.71. The molecule has 0 fully saturated rings. The Balaban J connectivity index is 2.43. The minimum Gasteiger partial charge on any atom is -0.492 e. The summed E-state index contributed by atoms with van der Waals surface area (Å²) in [6, 6.07) is 6.79. The van der Waals surface area contributed by atoms with Gasteiger partial charge in [-0.25, -0.2) is 28.1 Å². The predicted octanol–water partition coefficient (Wildman–Crippen LogP) is 0.581. The van der Waals surface area contributed by atoms with Crippen LogP contribution >= 0.6 is 0 Å². The van der Waals surface area contributed by atoms with Gasteiger partial charge in [-0.15, -0.1) is 13.2 Å². The van der Waals surface area contributed by atoms with E-state index in [0.717, 1.165) is 9.13 Å². The van der Waals surface area contributed by atoms with E-state index in [1.54, 1.807) is 24.3 Å². The van der Waals surface area contributed by atoms with Gasteiger partial charge in [0, 0.05) is 0 Å². The highest BCUT2D eigenvalue weighted by Crippen LogP contribution is 2.23. The number of nitrogens with one attached hydrogen (secondary N) is 1. The number of anilines is 1. The second-order valence-corrected chi connectivity index (χ2v) is 5.71. The van der Waals surface area contributed by atoms with E-state index in [4.69, 9.17) is 4.74 Å². The number of para-hydroxylation sites is 2. The number of carbonyl (C=O) groups is 1. The van der Waals surface area contributed by atoms with Gasteiger partial charge < -0.3 is 10.1 Å². The highest BCUT2D eigenvalue weighted by atomic mass is 16.5. The van der Waals surface area contributed by atoms with Crippen LogP contribution in [0.1, 0.15) is 6.92 Å². The SMILES string of the molecule is C=CCn1c(=O)n(CC=C)c(=O)n(CC(=O)Nc2ccccc2OCC)c1=O. The molecule has 0 unspecified atom stereocenters. The van der Waals surface area contributed by atoms with Crippen LogP contribution in [0.5, 0.6) is 5.75 Å². The van der Waals surface area contributed by atoms with Crippen molar-refractivity contribution in [2.45, 2.75) is 26.6 Å². The van der Waals surface area contributed by atoms with Crippen molar-refractivity contribution >= 4 is 11.6 Å². The van der Waals surface area contributed by atoms with E-state index >= 15 is 0 Å². The maximum atomic E-state index is 12.5. The molecule has 9 heteroatoms. The van der Waals surface area contributed by atoms with Crippen LogP contribution in [0.2, 0.25) is 0 Å². The lowest BCUT2D eigenvalue weighted by atomic mass is 10.3. The largest absolute Gasteiger partial charge is 0.492 e. The molecule has 148 valence electrons. The first-order valence-electron chi connectivity index (χ1n) is 8.62. The number of carbonyl (C=O) groups excluding carboxylic acids is 1. The molecule has 1 amide bonds. The summed E-state index contributed by atoms with van der Waals surface area (Å²) in [5.74, 6) is -0.147. The van der Waals surface area contributed by atoms with Gasteiger partial charge in [-0.05, 0) is 19.1 Å². The van der Waals surface area contributed by atoms with E-state index in [-0.39, 0.29) is 13.1 Å². The van der Waals surface area contributed by atoms with E-state index in [1.807, 2.05) is 6.92 Å². The summed E-state index contributed by atoms with van der Waals surface area (Å²) < 4.78 is 7.80. The number of amides is 1. The van der Waals surface area contributed by atoms with Gasteiger partial charge in [0.25, 0.3) is 0 Å². The van der Waals surface area contributed by atoms with Gasteiger partial charge in [-0.1, -0.05) is 24.3 Å². The number of nitrogens with zero attached hydrogens (tertiary/aromatic N) is 3. The Labute approximate surface area is 160 Å². The normalized spacial score (nSPS) is 10.3. The van der Waals surface area contributed by atoms with Crippen molar-refractivity contribution in [3.05, 3.63) is 81.0 Å². The van der Waals surface area contributed by atoms with Gasteiger partial charge in [-0.3, -0.25) is 4.79 Å². The van der Waals surface area contributed by atoms with E-state index in [2.05, 4.69) is 18.5 Å². The predicted molar refractivity (Wildman–Crippen MR) is 106 cm³/mol. The van der Waals surface area contributed by atoms with Crippen LogP contribution < -0.4 is 27.1 Å². The molecular formula is C19H22N4O5. The van der Waals surface area contributed by atoms with Gasteiger partial charge in [0.2, 0.25) is 5.91 Å². The molecule has 0 atom stereocenters. The van der Waals surface area contributed by atoms with Crippen molar-refractivity contribution in [2.24, 2.45) is 0 Å². The van der Waals surface area contributed by atoms with Crippen molar-refractivity contribution in [1.82, 2.24) is 13.7 Å². The molecule has 28 heavy (non-hydrogen) atoms. The molecule has 0 saturated heterocycles. The molecule has 0 aliphatic heterocycles. The lowest BCUT2D eigenvalue weighted by Gasteiger charge is -2.13. The number of ether oxygens (including phenoxy) is 1. The van der Waals surface area contributed by atoms with E-state index in [0.29, 0.717) is 22.6 Å². The van der Waals surface area contributed by atoms with Crippen LogP contribution in [0.3, 0.4) is 0 Å². The molecule has 9 nitrogen and oxygen atoms in total. The first-order valence-corrected chi connectivity index (χ1v) is 8.62. The van der Waals surface area contributed by atoms with Gasteiger partial charge in [0.1, 0.15) is 12.3 Å². The minimum atomic E-state index is -0.886. The Kier molecular flexibility index (Phi) is 6.91. The Bertz CT molecular complexity index is 1010. The molecule has 1 aromatic carbocycles. The summed E-state index contributed by atoms with van der Waals surface area (Å²) >= 11 is 0. The maximum absolute atomic E-state index is 12.5. The maximum Gasteiger partial charge on any atom is 0.337 e. The van der Waals surface area contributed by atoms with Crippen LogP contribution in [-0.2, 0) is 24.4 Å². The second-order valence-electron chi connectivity index (χ2n) is 5.71. The van der Waals surface area contributed by atoms with E-state index < -0.39 is 29.5 Å². The third-order valence-electron chi connectivity index (χ3n) is 3.77. The van der Waals surface area contributed by atoms with Gasteiger partial charge >= 0.3 is 17.1 Å². The summed E-state index contributed by atoms with van der Waals surface area (Å²) in [6.45, 7) is 8.47. The zero-order valence-corrected chi connectivity index (χ0v) is 15.6. The molecule has 0 bridgehead atoms. The van der Waals surface area contributed by atoms with Crippen molar-refractivity contribution in [2.75, 3.05) is 11.9 Å². The van der Waals surface area contributed by atoms with Crippen LogP contribution in [0.15, 0.2) is 64.0 Å². The average molecular weight is 386 g/mol. The number of benzene rings is 1. The number of allylic oxidation sites excluding steroid dienone is 2. The van der Waals surface area contributed by atoms with Gasteiger partial charge in [0.05, 0.1) is 25.4 Å². The average Bonchev–Trinajstić information content (AvgIpc) is 2.67. The zero-order valence-electron chi connectivity index (χ0n) is 15.6. The Morgan fingerprint density at radius 1 is 1.00 bits per heavy atom. The number of rotatable bonds is 9. The molecule has 1 heterocycles. The molecule has 0 aliphatic rings. The number of aromatic nitrogens is 3. The third-order valence-corrected chi connectivity index (χ3v) is 3.77. The Morgan fingerprint density at radius 2 is 1.54 bits per heavy atom. The number of hydrogen-bond acceptors (Lipinski definition) is 5. The molecule has 0 aliphatic carbocycles. The topological polar surface area (TPSA) is 104 Å². The molecule has 0 radical (unpaired) electrons. The highest BCUT2D eigenvalue weighted by molar-refractivity contribution is 5.92. The number of hydrogen-bond donors (Lipinski definition) is 1. The lowest BCUT2D eigenvalue weighted by molar-refractivity contribution is -0.116. The van der Waals surface area contributed by atoms with Crippen molar-refractivity contribution in [3.8, 4) is 5.75 Å². The fourth-order valence-corrected chi connectivity index (χ4v) is 2.57. The summed E-state index contributed by atoms with van der Waals surface area (Å²) in [5.41, 5.74) is -2.15. The van der Waals surface area contributed by atoms with Crippen LogP contribution in [0, 0.1) is 0 Å². The summed E-state index contributed by atoms with van der Waals surface area (Å²) in [5, 5.41) is 2.62. The highest BCUT2D eigenvalue weighted by Gasteiger charge is 2.17. The fourth-order valence-electron chi connectivity index (χ4n) is 2.57. The van der Waals surface area contributed by atoms with Crippen molar-refractivity contribution < 1.29 is 9.53 Å². The van der Waals surface area contributed by atoms with Crippen LogP contribution in [0.25, 0.3) is 0 Å². The van der Waals surface area contributed by atoms with E-state index in [9.17, 15) is 19.2 Å². The lowest BCUT2D eigenvalue weighted by Crippen LogP contribution is -2.55. The van der Waals surface area contributed by atoms with Crippen molar-refractivity contribution in [3.63, 3.8) is 0 Å². The molecule has 2 rings (SSSR count). The summed E-state index contributed by atoms with van der Waals surface area (Å²) in [4.78, 5) is 49.9. The summed E-state index contributed by atoms with van der Waals surface area (Å²) in [7, 11) is 0.